The van der Waals surface area contributed by atoms with E-state index >= 15 is 0 Å². The summed E-state index contributed by atoms with van der Waals surface area (Å²) < 4.78 is 0. The van der Waals surface area contributed by atoms with Gasteiger partial charge in [0.15, 0.2) is 0 Å². The third kappa shape index (κ3) is 1.70. The molecule has 2 aromatic rings. The van der Waals surface area contributed by atoms with Crippen LogP contribution in [-0.2, 0) is 6.42 Å². The van der Waals surface area contributed by atoms with Crippen LogP contribution >= 0.6 is 0 Å². The van der Waals surface area contributed by atoms with Crippen molar-refractivity contribution in [2.75, 3.05) is 6.54 Å². The van der Waals surface area contributed by atoms with E-state index in [0.717, 1.165) is 30.4 Å². The Morgan fingerprint density at radius 1 is 1.38 bits per heavy atom. The third-order valence-electron chi connectivity index (χ3n) is 2.16. The van der Waals surface area contributed by atoms with Gasteiger partial charge in [-0.15, -0.1) is 0 Å². The number of imidazole rings is 1. The Kier molecular flexibility index (Phi) is 2.27. The van der Waals surface area contributed by atoms with Crippen LogP contribution < -0.4 is 5.73 Å². The molecule has 3 nitrogen and oxygen atoms in total. The molecular formula is C10H13N3. The van der Waals surface area contributed by atoms with Crippen molar-refractivity contribution in [3.63, 3.8) is 0 Å². The molecule has 0 aliphatic rings. The highest BCUT2D eigenvalue weighted by atomic mass is 14.9. The van der Waals surface area contributed by atoms with Gasteiger partial charge in [-0.3, -0.25) is 0 Å². The molecule has 68 valence electrons. The Balaban J connectivity index is 2.26. The number of fused-ring (bicyclic) bond motifs is 1. The van der Waals surface area contributed by atoms with Gasteiger partial charge < -0.3 is 10.7 Å². The Bertz CT molecular complexity index is 392. The van der Waals surface area contributed by atoms with Crippen molar-refractivity contribution in [1.82, 2.24) is 9.97 Å². The average molecular weight is 175 g/mol. The molecule has 0 aliphatic carbocycles. The quantitative estimate of drug-likeness (QED) is 0.741. The highest BCUT2D eigenvalue weighted by Gasteiger charge is 1.97. The molecule has 3 N–H and O–H groups in total. The summed E-state index contributed by atoms with van der Waals surface area (Å²) in [6.45, 7) is 0.749. The van der Waals surface area contributed by atoms with Crippen LogP contribution in [0.4, 0.5) is 0 Å². The van der Waals surface area contributed by atoms with Crippen LogP contribution in [0.1, 0.15) is 12.0 Å². The number of nitrogens with two attached hydrogens (primary N) is 1. The number of aryl methyl sites for hydroxylation is 1. The zero-order valence-corrected chi connectivity index (χ0v) is 7.46. The van der Waals surface area contributed by atoms with Gasteiger partial charge in [0.1, 0.15) is 0 Å². The minimum atomic E-state index is 0.749. The lowest BCUT2D eigenvalue weighted by Crippen LogP contribution is -2.00. The zero-order valence-electron chi connectivity index (χ0n) is 7.46. The second-order valence-electron chi connectivity index (χ2n) is 3.15. The maximum atomic E-state index is 5.45. The number of rotatable bonds is 3. The smallest absolute Gasteiger partial charge is 0.0931 e. The van der Waals surface area contributed by atoms with E-state index in [4.69, 9.17) is 5.73 Å². The molecule has 0 aliphatic heterocycles. The number of hydrogen-bond acceptors (Lipinski definition) is 2. The van der Waals surface area contributed by atoms with Crippen molar-refractivity contribution in [3.8, 4) is 0 Å². The van der Waals surface area contributed by atoms with Gasteiger partial charge in [0.2, 0.25) is 0 Å². The van der Waals surface area contributed by atoms with Gasteiger partial charge in [-0.2, -0.15) is 0 Å². The fourth-order valence-corrected chi connectivity index (χ4v) is 1.44. The summed E-state index contributed by atoms with van der Waals surface area (Å²) >= 11 is 0. The number of nitrogens with one attached hydrogen (secondary N) is 1. The van der Waals surface area contributed by atoms with Gasteiger partial charge in [-0.05, 0) is 37.1 Å². The topological polar surface area (TPSA) is 54.7 Å². The first-order chi connectivity index (χ1) is 6.40. The van der Waals surface area contributed by atoms with Crippen LogP contribution in [-0.4, -0.2) is 16.5 Å². The largest absolute Gasteiger partial charge is 0.345 e. The maximum Gasteiger partial charge on any atom is 0.0931 e. The molecule has 0 spiro atoms. The molecule has 2 rings (SSSR count). The van der Waals surface area contributed by atoms with Crippen molar-refractivity contribution in [1.29, 1.82) is 0 Å². The molecule has 0 bridgehead atoms. The molecule has 0 saturated carbocycles. The Hall–Kier alpha value is -1.35. The van der Waals surface area contributed by atoms with Crippen LogP contribution in [0, 0.1) is 0 Å². The first kappa shape index (κ1) is 8.26. The van der Waals surface area contributed by atoms with Crippen molar-refractivity contribution in [2.45, 2.75) is 12.8 Å². The highest BCUT2D eigenvalue weighted by Crippen LogP contribution is 2.12. The van der Waals surface area contributed by atoms with E-state index in [0.29, 0.717) is 0 Å². The molecular weight excluding hydrogens is 162 g/mol. The summed E-state index contributed by atoms with van der Waals surface area (Å²) in [6, 6.07) is 6.30. The minimum absolute atomic E-state index is 0.749. The monoisotopic (exact) mass is 175 g/mol. The molecule has 0 unspecified atom stereocenters. The van der Waals surface area contributed by atoms with Gasteiger partial charge in [-0.1, -0.05) is 6.07 Å². The van der Waals surface area contributed by atoms with Gasteiger partial charge in [0, 0.05) is 0 Å². The van der Waals surface area contributed by atoms with Gasteiger partial charge in [-0.25, -0.2) is 4.98 Å². The molecule has 0 amide bonds. The summed E-state index contributed by atoms with van der Waals surface area (Å²) in [7, 11) is 0. The number of H-pyrrole nitrogens is 1. The number of benzene rings is 1. The molecule has 0 fully saturated rings. The van der Waals surface area contributed by atoms with Gasteiger partial charge in [0.05, 0.1) is 17.4 Å². The van der Waals surface area contributed by atoms with Gasteiger partial charge >= 0.3 is 0 Å². The number of aromatic nitrogens is 2. The van der Waals surface area contributed by atoms with E-state index in [1.165, 1.54) is 5.56 Å². The Morgan fingerprint density at radius 3 is 3.15 bits per heavy atom. The molecule has 1 heterocycles. The normalized spacial score (nSPS) is 10.8. The Labute approximate surface area is 77.0 Å². The summed E-state index contributed by atoms with van der Waals surface area (Å²) in [5, 5.41) is 0. The number of nitrogens with zero attached hydrogens (tertiary/aromatic N) is 1. The van der Waals surface area contributed by atoms with E-state index in [1.807, 2.05) is 0 Å². The first-order valence-electron chi connectivity index (χ1n) is 4.52. The first-order valence-corrected chi connectivity index (χ1v) is 4.52. The van der Waals surface area contributed by atoms with Gasteiger partial charge in [0.25, 0.3) is 0 Å². The van der Waals surface area contributed by atoms with E-state index in [1.54, 1.807) is 6.33 Å². The minimum Gasteiger partial charge on any atom is -0.345 e. The molecule has 1 aromatic heterocycles. The van der Waals surface area contributed by atoms with Crippen molar-refractivity contribution < 1.29 is 0 Å². The van der Waals surface area contributed by atoms with Crippen molar-refractivity contribution in [3.05, 3.63) is 30.1 Å². The van der Waals surface area contributed by atoms with Crippen molar-refractivity contribution >= 4 is 11.0 Å². The zero-order chi connectivity index (χ0) is 9.10. The lowest BCUT2D eigenvalue weighted by molar-refractivity contribution is 0.833. The van der Waals surface area contributed by atoms with Crippen LogP contribution in [0.3, 0.4) is 0 Å². The Morgan fingerprint density at radius 2 is 2.31 bits per heavy atom. The van der Waals surface area contributed by atoms with Crippen LogP contribution in [0.2, 0.25) is 0 Å². The summed E-state index contributed by atoms with van der Waals surface area (Å²) in [5.74, 6) is 0. The fourth-order valence-electron chi connectivity index (χ4n) is 1.44. The van der Waals surface area contributed by atoms with Crippen LogP contribution in [0.5, 0.6) is 0 Å². The lowest BCUT2D eigenvalue weighted by Gasteiger charge is -1.98. The molecule has 13 heavy (non-hydrogen) atoms. The van der Waals surface area contributed by atoms with E-state index < -0.39 is 0 Å². The summed E-state index contributed by atoms with van der Waals surface area (Å²) in [4.78, 5) is 7.27. The number of aromatic amines is 1. The molecule has 0 saturated heterocycles. The standard InChI is InChI=1S/C10H13N3/c11-5-1-2-8-3-4-9-10(6-8)13-7-12-9/h3-4,6-7H,1-2,5,11H2,(H,12,13). The predicted octanol–water partition coefficient (Wildman–Crippen LogP) is 1.45. The third-order valence-corrected chi connectivity index (χ3v) is 2.16. The lowest BCUT2D eigenvalue weighted by atomic mass is 10.1. The molecule has 0 radical (unpaired) electrons. The highest BCUT2D eigenvalue weighted by molar-refractivity contribution is 5.74. The molecule has 1 aromatic carbocycles. The van der Waals surface area contributed by atoms with Crippen molar-refractivity contribution in [2.24, 2.45) is 5.73 Å². The van der Waals surface area contributed by atoms with E-state index in [2.05, 4.69) is 28.2 Å². The molecule has 0 atom stereocenters. The predicted molar refractivity (Wildman–Crippen MR) is 53.5 cm³/mol. The summed E-state index contributed by atoms with van der Waals surface area (Å²) in [5.41, 5.74) is 8.89. The second-order valence-corrected chi connectivity index (χ2v) is 3.15. The van der Waals surface area contributed by atoms with Crippen LogP contribution in [0.15, 0.2) is 24.5 Å². The van der Waals surface area contributed by atoms with E-state index in [9.17, 15) is 0 Å². The number of hydrogen-bond donors (Lipinski definition) is 2. The average Bonchev–Trinajstić information content (AvgIpc) is 2.61. The van der Waals surface area contributed by atoms with Crippen LogP contribution in [0.25, 0.3) is 11.0 Å². The summed E-state index contributed by atoms with van der Waals surface area (Å²) in [6.07, 6.45) is 3.80. The SMILES string of the molecule is NCCCc1ccc2[nH]cnc2c1. The van der Waals surface area contributed by atoms with E-state index in [-0.39, 0.29) is 0 Å². The fraction of sp³-hybridized carbons (Fsp3) is 0.300. The molecule has 3 heteroatoms. The maximum absolute atomic E-state index is 5.45. The second kappa shape index (κ2) is 3.58.